The van der Waals surface area contributed by atoms with Crippen LogP contribution < -0.4 is 10.1 Å². The molecule has 0 aliphatic carbocycles. The maximum atomic E-state index is 11.4. The lowest BCUT2D eigenvalue weighted by molar-refractivity contribution is -0.483. The van der Waals surface area contributed by atoms with Crippen molar-refractivity contribution < 1.29 is 18.7 Å². The van der Waals surface area contributed by atoms with Crippen LogP contribution in [0.25, 0.3) is 10.8 Å². The lowest BCUT2D eigenvalue weighted by atomic mass is 9.60. The number of nitrogens with zero attached hydrogens (tertiary/aromatic N) is 2. The molecule has 0 aromatic heterocycles. The van der Waals surface area contributed by atoms with Crippen LogP contribution >= 0.6 is 0 Å². The summed E-state index contributed by atoms with van der Waals surface area (Å²) in [4.78, 5) is 11.0. The van der Waals surface area contributed by atoms with E-state index in [0.717, 1.165) is 38.7 Å². The molecule has 0 spiro atoms. The van der Waals surface area contributed by atoms with Crippen molar-refractivity contribution in [3.63, 3.8) is 0 Å². The third-order valence-corrected chi connectivity index (χ3v) is 7.84. The molecule has 0 N–H and O–H groups in total. The molecule has 0 saturated carbocycles. The van der Waals surface area contributed by atoms with Crippen LogP contribution in [0.4, 0.5) is 5.69 Å². The zero-order valence-electron chi connectivity index (χ0n) is 20.4. The Hall–Kier alpha value is -4.75. The van der Waals surface area contributed by atoms with Gasteiger partial charge in [0.2, 0.25) is 0 Å². The number of hydrogen-bond donors (Lipinski definition) is 0. The van der Waals surface area contributed by atoms with Gasteiger partial charge in [0.1, 0.15) is 6.21 Å². The molecule has 7 rings (SSSR count). The van der Waals surface area contributed by atoms with Gasteiger partial charge >= 0.3 is 6.69 Å². The second-order valence-electron chi connectivity index (χ2n) is 9.78. The lowest BCUT2D eigenvalue weighted by Crippen LogP contribution is -2.65. The summed E-state index contributed by atoms with van der Waals surface area (Å²) in [5, 5.41) is 13.6. The normalized spacial score (nSPS) is 19.2. The van der Waals surface area contributed by atoms with Crippen molar-refractivity contribution in [2.75, 3.05) is 6.61 Å². The molecule has 1 fully saturated rings. The van der Waals surface area contributed by atoms with E-state index >= 15 is 0 Å². The Labute approximate surface area is 219 Å². The number of rotatable bonds is 4. The first kappa shape index (κ1) is 22.5. The predicted octanol–water partition coefficient (Wildman–Crippen LogP) is 5.39. The van der Waals surface area contributed by atoms with Crippen LogP contribution in [0.15, 0.2) is 121 Å². The van der Waals surface area contributed by atoms with Gasteiger partial charge in [0, 0.05) is 23.3 Å². The molecule has 2 heterocycles. The van der Waals surface area contributed by atoms with Crippen molar-refractivity contribution in [1.82, 2.24) is 0 Å². The summed E-state index contributed by atoms with van der Waals surface area (Å²) in [6, 6.07) is 39.4. The SMILES string of the molecule is O=[N+]([O-])c1ccc([B-]23OCC(c4ccccc4)(c4ccccc4)[N+]2=Cc2c(ccc4ccccc24)O3)cc1. The van der Waals surface area contributed by atoms with Crippen LogP contribution in [0.3, 0.4) is 0 Å². The van der Waals surface area contributed by atoms with Gasteiger partial charge in [-0.2, -0.15) is 0 Å². The Morgan fingerprint density at radius 3 is 2.05 bits per heavy atom. The van der Waals surface area contributed by atoms with Gasteiger partial charge < -0.3 is 13.8 Å². The highest BCUT2D eigenvalue weighted by Gasteiger charge is 2.64. The Kier molecular flexibility index (Phi) is 4.96. The van der Waals surface area contributed by atoms with E-state index < -0.39 is 17.1 Å². The van der Waals surface area contributed by atoms with Crippen LogP contribution in [0, 0.1) is 10.1 Å². The van der Waals surface area contributed by atoms with Gasteiger partial charge in [-0.1, -0.05) is 109 Å². The first-order valence-electron chi connectivity index (χ1n) is 12.6. The maximum Gasteiger partial charge on any atom is 0.625 e. The molecule has 38 heavy (non-hydrogen) atoms. The molecule has 2 aliphatic heterocycles. The van der Waals surface area contributed by atoms with Crippen molar-refractivity contribution in [3.05, 3.63) is 148 Å². The zero-order valence-corrected chi connectivity index (χ0v) is 20.4. The third kappa shape index (κ3) is 3.15. The number of benzene rings is 5. The van der Waals surface area contributed by atoms with E-state index in [1.54, 1.807) is 12.1 Å². The van der Waals surface area contributed by atoms with Crippen LogP contribution in [0.5, 0.6) is 5.75 Å². The van der Waals surface area contributed by atoms with E-state index in [4.69, 9.17) is 9.31 Å². The molecule has 5 aromatic rings. The summed E-state index contributed by atoms with van der Waals surface area (Å²) in [6.07, 6.45) is 2.16. The molecule has 1 unspecified atom stereocenters. The Morgan fingerprint density at radius 1 is 0.763 bits per heavy atom. The minimum Gasteiger partial charge on any atom is -0.630 e. The first-order chi connectivity index (χ1) is 18.6. The fourth-order valence-corrected chi connectivity index (χ4v) is 6.02. The monoisotopic (exact) mass is 498 g/mol. The molecule has 0 radical (unpaired) electrons. The first-order valence-corrected chi connectivity index (χ1v) is 12.6. The number of hydrogen-bond acceptors (Lipinski definition) is 4. The van der Waals surface area contributed by atoms with Gasteiger partial charge in [-0.25, -0.2) is 0 Å². The molecule has 6 nitrogen and oxygen atoms in total. The smallest absolute Gasteiger partial charge is 0.625 e. The highest BCUT2D eigenvalue weighted by Crippen LogP contribution is 2.45. The van der Waals surface area contributed by atoms with Gasteiger partial charge in [-0.05, 0) is 16.8 Å². The molecule has 7 heteroatoms. The summed E-state index contributed by atoms with van der Waals surface area (Å²) < 4.78 is 15.9. The van der Waals surface area contributed by atoms with Crippen LogP contribution in [0.1, 0.15) is 16.7 Å². The Morgan fingerprint density at radius 2 is 1.39 bits per heavy atom. The summed E-state index contributed by atoms with van der Waals surface area (Å²) >= 11 is 0. The van der Waals surface area contributed by atoms with E-state index in [0.29, 0.717) is 6.61 Å². The maximum absolute atomic E-state index is 11.4. The second-order valence-corrected chi connectivity index (χ2v) is 9.78. The Bertz CT molecular complexity index is 1680. The number of nitro groups is 1. The van der Waals surface area contributed by atoms with Gasteiger partial charge in [0.15, 0.2) is 5.54 Å². The molecule has 1 saturated heterocycles. The van der Waals surface area contributed by atoms with E-state index in [1.807, 2.05) is 60.7 Å². The zero-order chi connectivity index (χ0) is 25.7. The molecular formula is C31H23BN2O4. The molecule has 0 bridgehead atoms. The molecule has 0 amide bonds. The number of nitro benzene ring substituents is 1. The number of non-ortho nitro benzene ring substituents is 1. The third-order valence-electron chi connectivity index (χ3n) is 7.84. The van der Waals surface area contributed by atoms with Crippen molar-refractivity contribution in [3.8, 4) is 5.75 Å². The molecule has 1 atom stereocenters. The predicted molar refractivity (Wildman–Crippen MR) is 148 cm³/mol. The lowest BCUT2D eigenvalue weighted by Gasteiger charge is -2.40. The van der Waals surface area contributed by atoms with Gasteiger partial charge in [0.05, 0.1) is 22.8 Å². The molecular weight excluding hydrogens is 475 g/mol. The quantitative estimate of drug-likeness (QED) is 0.189. The Balaban J connectivity index is 1.56. The topological polar surface area (TPSA) is 64.6 Å². The molecule has 5 aromatic carbocycles. The fourth-order valence-electron chi connectivity index (χ4n) is 6.02. The average molecular weight is 498 g/mol. The van der Waals surface area contributed by atoms with Crippen molar-refractivity contribution >= 4 is 34.8 Å². The standard InChI is InChI=1S/C31H23BN2O4/c35-34(36)27-18-16-26(17-19-27)32-33(21-29-28-14-8-7-9-23(28)15-20-30(29)38-32)31(22-37-32,24-10-3-1-4-11-24)25-12-5-2-6-13-25/h1-21H,22H2. The van der Waals surface area contributed by atoms with Crippen LogP contribution in [-0.4, -0.2) is 28.9 Å². The fraction of sp³-hybridized carbons (Fsp3) is 0.0645. The van der Waals surface area contributed by atoms with Crippen molar-refractivity contribution in [2.45, 2.75) is 5.54 Å². The summed E-state index contributed by atoms with van der Waals surface area (Å²) in [7, 11) is 0. The van der Waals surface area contributed by atoms with Crippen LogP contribution in [-0.2, 0) is 10.2 Å². The minimum absolute atomic E-state index is 0.0223. The highest BCUT2D eigenvalue weighted by atomic mass is 16.6. The van der Waals surface area contributed by atoms with Crippen LogP contribution in [0.2, 0.25) is 0 Å². The highest BCUT2D eigenvalue weighted by molar-refractivity contribution is 6.75. The molecule has 184 valence electrons. The largest absolute Gasteiger partial charge is 0.630 e. The number of fused-ring (bicyclic) bond motifs is 4. The van der Waals surface area contributed by atoms with Gasteiger partial charge in [-0.15, -0.1) is 0 Å². The second kappa shape index (κ2) is 8.40. The summed E-state index contributed by atoms with van der Waals surface area (Å²) in [5.74, 6) is 0.718. The van der Waals surface area contributed by atoms with E-state index in [-0.39, 0.29) is 5.69 Å². The minimum atomic E-state index is -2.25. The van der Waals surface area contributed by atoms with Gasteiger partial charge in [-0.3, -0.25) is 10.1 Å². The summed E-state index contributed by atoms with van der Waals surface area (Å²) in [6.45, 7) is -1.92. The molecule has 2 aliphatic rings. The van der Waals surface area contributed by atoms with E-state index in [1.165, 1.54) is 12.1 Å². The summed E-state index contributed by atoms with van der Waals surface area (Å²) in [5.41, 5.74) is 3.18. The van der Waals surface area contributed by atoms with E-state index in [9.17, 15) is 10.1 Å². The van der Waals surface area contributed by atoms with Crippen molar-refractivity contribution in [2.24, 2.45) is 0 Å². The van der Waals surface area contributed by atoms with Crippen molar-refractivity contribution in [1.29, 1.82) is 0 Å². The average Bonchev–Trinajstić information content (AvgIpc) is 3.33. The van der Waals surface area contributed by atoms with E-state index in [2.05, 4.69) is 47.1 Å². The van der Waals surface area contributed by atoms with Gasteiger partial charge in [0.25, 0.3) is 5.69 Å².